The number of nitrogens with zero attached hydrogens (tertiary/aromatic N) is 1. The third kappa shape index (κ3) is 5.51. The van der Waals surface area contributed by atoms with Crippen LogP contribution >= 0.6 is 0 Å². The summed E-state index contributed by atoms with van der Waals surface area (Å²) >= 11 is 0. The van der Waals surface area contributed by atoms with Crippen molar-refractivity contribution in [3.8, 4) is 22.6 Å². The van der Waals surface area contributed by atoms with Crippen molar-refractivity contribution in [1.29, 1.82) is 0 Å². The maximum Gasteiger partial charge on any atom is 1.00 e. The molecule has 0 atom stereocenters. The quantitative estimate of drug-likeness (QED) is 0.540. The topological polar surface area (TPSA) is 43.1 Å². The molecule has 0 spiro atoms. The average molecular weight is 330 g/mol. The first-order valence-corrected chi connectivity index (χ1v) is 6.98. The van der Waals surface area contributed by atoms with E-state index in [-0.39, 0.29) is 51.4 Å². The van der Waals surface area contributed by atoms with Gasteiger partial charge < -0.3 is 16.1 Å². The van der Waals surface area contributed by atoms with E-state index >= 15 is 0 Å². The van der Waals surface area contributed by atoms with E-state index in [0.29, 0.717) is 12.3 Å². The molecule has 0 amide bonds. The molecule has 1 aromatic heterocycles. The molecule has 0 aliphatic rings. The first kappa shape index (κ1) is 20.0. The number of aromatic nitrogens is 1. The van der Waals surface area contributed by atoms with Gasteiger partial charge in [-0.25, -0.2) is 4.98 Å². The molecule has 0 unspecified atom stereocenters. The molecule has 4 heteroatoms. The van der Waals surface area contributed by atoms with Gasteiger partial charge in [0.1, 0.15) is 5.69 Å². The van der Waals surface area contributed by atoms with Gasteiger partial charge in [0.25, 0.3) is 0 Å². The molecule has 0 saturated heterocycles. The summed E-state index contributed by atoms with van der Waals surface area (Å²) in [6.45, 7) is 5.16. The largest absolute Gasteiger partial charge is 1.00 e. The van der Waals surface area contributed by atoms with E-state index in [1.54, 1.807) is 0 Å². The maximum absolute atomic E-state index is 8.68. The van der Waals surface area contributed by atoms with E-state index in [1.165, 1.54) is 13.2 Å². The fraction of sp³-hybridized carbons (Fsp3) is 0.105. The van der Waals surface area contributed by atoms with Crippen LogP contribution in [0, 0.1) is 6.92 Å². The minimum absolute atomic E-state index is 0. The Bertz CT molecular complexity index is 652. The van der Waals surface area contributed by atoms with Crippen molar-refractivity contribution in [3.63, 3.8) is 0 Å². The second kappa shape index (κ2) is 10.7. The van der Waals surface area contributed by atoms with Gasteiger partial charge in [0.05, 0.1) is 0 Å². The van der Waals surface area contributed by atoms with Crippen LogP contribution in [0.1, 0.15) is 12.8 Å². The van der Waals surface area contributed by atoms with Crippen molar-refractivity contribution in [3.05, 3.63) is 73.5 Å². The molecule has 0 N–H and O–H groups in total. The van der Waals surface area contributed by atoms with E-state index in [2.05, 4.69) is 11.9 Å². The Morgan fingerprint density at radius 3 is 1.96 bits per heavy atom. The SMILES string of the molecule is C[C-]=O.[CH2-]Cc1nc(-c2ccccc2)c(-c2ccccc2)o1.[K+]. The second-order valence-electron chi connectivity index (χ2n) is 4.47. The molecule has 3 rings (SSSR count). The van der Waals surface area contributed by atoms with Gasteiger partial charge in [-0.2, -0.15) is 6.92 Å². The summed E-state index contributed by atoms with van der Waals surface area (Å²) in [6, 6.07) is 20.1. The molecule has 0 aliphatic carbocycles. The van der Waals surface area contributed by atoms with Gasteiger partial charge in [0.2, 0.25) is 0 Å². The fourth-order valence-corrected chi connectivity index (χ4v) is 2.05. The van der Waals surface area contributed by atoms with Crippen LogP contribution in [0.25, 0.3) is 22.6 Å². The Morgan fingerprint density at radius 1 is 1.00 bits per heavy atom. The monoisotopic (exact) mass is 330 g/mol. The zero-order chi connectivity index (χ0) is 15.8. The summed E-state index contributed by atoms with van der Waals surface area (Å²) in [4.78, 5) is 13.2. The standard InChI is InChI=1S/C17H14NO.C2H3O.K/c1-2-15-18-16(13-9-5-3-6-10-13)17(19-15)14-11-7-4-8-12-14;1-2-3;/h3-12H,1-2H2;1H3;/q2*-1;+1. The van der Waals surface area contributed by atoms with Crippen molar-refractivity contribution in [2.24, 2.45) is 0 Å². The van der Waals surface area contributed by atoms with Crippen LogP contribution in [0.5, 0.6) is 0 Å². The predicted octanol–water partition coefficient (Wildman–Crippen LogP) is 1.51. The smallest absolute Gasteiger partial charge is 0.542 e. The Morgan fingerprint density at radius 2 is 1.48 bits per heavy atom. The van der Waals surface area contributed by atoms with Crippen molar-refractivity contribution in [1.82, 2.24) is 4.98 Å². The van der Waals surface area contributed by atoms with Crippen molar-refractivity contribution < 1.29 is 60.6 Å². The minimum atomic E-state index is 0. The van der Waals surface area contributed by atoms with Crippen LogP contribution in [0.2, 0.25) is 0 Å². The molecule has 0 fully saturated rings. The Kier molecular flexibility index (Phi) is 9.29. The molecular weight excluding hydrogens is 313 g/mol. The molecule has 3 aromatic rings. The normalized spacial score (nSPS) is 9.30. The van der Waals surface area contributed by atoms with Gasteiger partial charge in [-0.15, -0.1) is 6.42 Å². The third-order valence-corrected chi connectivity index (χ3v) is 2.97. The van der Waals surface area contributed by atoms with Crippen LogP contribution in [0.3, 0.4) is 0 Å². The Hall–Kier alpha value is -1.04. The molecule has 0 aliphatic heterocycles. The van der Waals surface area contributed by atoms with Crippen LogP contribution in [-0.4, -0.2) is 11.3 Å². The van der Waals surface area contributed by atoms with Gasteiger partial charge in [-0.3, -0.25) is 6.29 Å². The van der Waals surface area contributed by atoms with E-state index in [1.807, 2.05) is 60.7 Å². The summed E-state index contributed by atoms with van der Waals surface area (Å²) < 4.78 is 5.83. The molecular formula is C19H17KNO2-. The van der Waals surface area contributed by atoms with Crippen molar-refractivity contribution >= 4 is 6.29 Å². The zero-order valence-electron chi connectivity index (χ0n) is 13.5. The predicted molar refractivity (Wildman–Crippen MR) is 87.8 cm³/mol. The second-order valence-corrected chi connectivity index (χ2v) is 4.47. The first-order chi connectivity index (χ1) is 10.8. The van der Waals surface area contributed by atoms with Crippen molar-refractivity contribution in [2.75, 3.05) is 0 Å². The van der Waals surface area contributed by atoms with Gasteiger partial charge in [-0.05, 0) is 0 Å². The first-order valence-electron chi connectivity index (χ1n) is 6.98. The number of rotatable bonds is 3. The van der Waals surface area contributed by atoms with E-state index in [4.69, 9.17) is 9.21 Å². The van der Waals surface area contributed by atoms with E-state index in [9.17, 15) is 0 Å². The number of hydrogen-bond acceptors (Lipinski definition) is 3. The van der Waals surface area contributed by atoms with Gasteiger partial charge in [0.15, 0.2) is 11.7 Å². The molecule has 3 nitrogen and oxygen atoms in total. The van der Waals surface area contributed by atoms with E-state index in [0.717, 1.165) is 22.6 Å². The van der Waals surface area contributed by atoms with E-state index < -0.39 is 0 Å². The molecule has 2 aromatic carbocycles. The van der Waals surface area contributed by atoms with Gasteiger partial charge in [0, 0.05) is 11.1 Å². The van der Waals surface area contributed by atoms with Crippen LogP contribution in [-0.2, 0) is 11.2 Å². The number of benzene rings is 2. The summed E-state index contributed by atoms with van der Waals surface area (Å²) in [5, 5.41) is 0. The third-order valence-electron chi connectivity index (χ3n) is 2.97. The van der Waals surface area contributed by atoms with Crippen LogP contribution in [0.15, 0.2) is 65.1 Å². The number of hydrogen-bond donors (Lipinski definition) is 0. The molecule has 23 heavy (non-hydrogen) atoms. The number of oxazole rings is 1. The summed E-state index contributed by atoms with van der Waals surface area (Å²) in [5.41, 5.74) is 2.98. The molecule has 0 radical (unpaired) electrons. The summed E-state index contributed by atoms with van der Waals surface area (Å²) in [5.74, 6) is 1.48. The zero-order valence-corrected chi connectivity index (χ0v) is 16.6. The number of carbonyl (C=O) groups excluding carboxylic acids is 1. The fourth-order valence-electron chi connectivity index (χ4n) is 2.05. The molecule has 0 bridgehead atoms. The minimum Gasteiger partial charge on any atom is -0.542 e. The van der Waals surface area contributed by atoms with Crippen LogP contribution in [0.4, 0.5) is 0 Å². The summed E-state index contributed by atoms with van der Waals surface area (Å²) in [7, 11) is 0. The maximum atomic E-state index is 8.68. The molecule has 0 saturated carbocycles. The average Bonchev–Trinajstić information content (AvgIpc) is 3.02. The van der Waals surface area contributed by atoms with Gasteiger partial charge >= 0.3 is 51.4 Å². The van der Waals surface area contributed by atoms with Gasteiger partial charge in [-0.1, -0.05) is 60.7 Å². The summed E-state index contributed by atoms with van der Waals surface area (Å²) in [6.07, 6.45) is 2.05. The van der Waals surface area contributed by atoms with Crippen LogP contribution < -0.4 is 51.4 Å². The Balaban J connectivity index is 0.000000615. The molecule has 112 valence electrons. The van der Waals surface area contributed by atoms with Crippen molar-refractivity contribution in [2.45, 2.75) is 13.3 Å². The molecule has 1 heterocycles. The Labute approximate surface area is 179 Å².